The average Bonchev–Trinajstić information content (AvgIpc) is 3.09. The van der Waals surface area contributed by atoms with Crippen LogP contribution in [0.1, 0.15) is 0 Å². The van der Waals surface area contributed by atoms with E-state index in [1.165, 1.54) is 12.1 Å². The summed E-state index contributed by atoms with van der Waals surface area (Å²) in [5.41, 5.74) is 0.439. The number of furan rings is 1. The SMILES string of the molecule is O=[N+]([O-])c1ccc(-c2cc(N3CCOCC3)on2)o1. The summed E-state index contributed by atoms with van der Waals surface area (Å²) in [5.74, 6) is 0.609. The average molecular weight is 265 g/mol. The Morgan fingerprint density at radius 2 is 2.11 bits per heavy atom. The highest BCUT2D eigenvalue weighted by atomic mass is 16.6. The first-order chi connectivity index (χ1) is 9.24. The Hall–Kier alpha value is -2.35. The maximum atomic E-state index is 10.5. The molecule has 8 heteroatoms. The van der Waals surface area contributed by atoms with Gasteiger partial charge in [-0.1, -0.05) is 5.16 Å². The van der Waals surface area contributed by atoms with E-state index >= 15 is 0 Å². The van der Waals surface area contributed by atoms with Crippen molar-refractivity contribution in [2.75, 3.05) is 31.2 Å². The predicted octanol–water partition coefficient (Wildman–Crippen LogP) is 1.68. The standard InChI is InChI=1S/C11H11N3O5/c15-14(16)10-2-1-9(18-10)8-7-11(19-12-8)13-3-5-17-6-4-13/h1-2,7H,3-6H2. The molecule has 1 fully saturated rings. The first-order valence-corrected chi connectivity index (χ1v) is 5.78. The number of nitro groups is 1. The smallest absolute Gasteiger partial charge is 0.399 e. The van der Waals surface area contributed by atoms with E-state index in [2.05, 4.69) is 5.16 Å². The van der Waals surface area contributed by atoms with Gasteiger partial charge in [-0.25, -0.2) is 0 Å². The van der Waals surface area contributed by atoms with Crippen LogP contribution in [0.3, 0.4) is 0 Å². The van der Waals surface area contributed by atoms with Gasteiger partial charge in [0.25, 0.3) is 0 Å². The van der Waals surface area contributed by atoms with Crippen molar-refractivity contribution in [3.05, 3.63) is 28.3 Å². The quantitative estimate of drug-likeness (QED) is 0.615. The molecular weight excluding hydrogens is 254 g/mol. The molecule has 0 amide bonds. The van der Waals surface area contributed by atoms with Crippen molar-refractivity contribution < 1.29 is 18.6 Å². The molecule has 0 aliphatic carbocycles. The highest BCUT2D eigenvalue weighted by molar-refractivity contribution is 5.57. The highest BCUT2D eigenvalue weighted by Crippen LogP contribution is 2.28. The molecule has 100 valence electrons. The van der Waals surface area contributed by atoms with Crippen LogP contribution in [0.4, 0.5) is 11.8 Å². The lowest BCUT2D eigenvalue weighted by Gasteiger charge is -2.25. The molecule has 0 bridgehead atoms. The molecule has 3 rings (SSSR count). The minimum Gasteiger partial charge on any atom is -0.399 e. The molecule has 0 spiro atoms. The van der Waals surface area contributed by atoms with Crippen molar-refractivity contribution in [1.29, 1.82) is 0 Å². The van der Waals surface area contributed by atoms with Crippen LogP contribution in [0.15, 0.2) is 27.1 Å². The molecule has 3 heterocycles. The molecule has 1 aliphatic heterocycles. The third-order valence-corrected chi connectivity index (χ3v) is 2.84. The first-order valence-electron chi connectivity index (χ1n) is 5.78. The molecule has 0 saturated carbocycles. The van der Waals surface area contributed by atoms with Gasteiger partial charge in [0, 0.05) is 19.2 Å². The second-order valence-electron chi connectivity index (χ2n) is 4.04. The van der Waals surface area contributed by atoms with E-state index < -0.39 is 4.92 Å². The normalized spacial score (nSPS) is 15.7. The van der Waals surface area contributed by atoms with Crippen LogP contribution in [0, 0.1) is 10.1 Å². The summed E-state index contributed by atoms with van der Waals surface area (Å²) in [6.07, 6.45) is 0. The minimum absolute atomic E-state index is 0.314. The summed E-state index contributed by atoms with van der Waals surface area (Å²) >= 11 is 0. The van der Waals surface area contributed by atoms with Crippen LogP contribution < -0.4 is 4.90 Å². The van der Waals surface area contributed by atoms with Crippen molar-refractivity contribution in [1.82, 2.24) is 5.16 Å². The number of rotatable bonds is 3. The van der Waals surface area contributed by atoms with Gasteiger partial charge in [0.2, 0.25) is 5.88 Å². The lowest BCUT2D eigenvalue weighted by molar-refractivity contribution is -0.401. The van der Waals surface area contributed by atoms with Gasteiger partial charge in [0.05, 0.1) is 19.3 Å². The van der Waals surface area contributed by atoms with Gasteiger partial charge in [-0.05, 0) is 6.07 Å². The molecule has 0 radical (unpaired) electrons. The van der Waals surface area contributed by atoms with E-state index in [0.717, 1.165) is 13.1 Å². The van der Waals surface area contributed by atoms with E-state index in [4.69, 9.17) is 13.7 Å². The Morgan fingerprint density at radius 3 is 2.79 bits per heavy atom. The molecule has 0 N–H and O–H groups in total. The van der Waals surface area contributed by atoms with Crippen molar-refractivity contribution in [3.8, 4) is 11.5 Å². The molecule has 8 nitrogen and oxygen atoms in total. The number of ether oxygens (including phenoxy) is 1. The van der Waals surface area contributed by atoms with Gasteiger partial charge in [-0.3, -0.25) is 10.1 Å². The van der Waals surface area contributed by atoms with Gasteiger partial charge in [0.1, 0.15) is 4.92 Å². The van der Waals surface area contributed by atoms with E-state index in [9.17, 15) is 10.1 Å². The zero-order chi connectivity index (χ0) is 13.2. The summed E-state index contributed by atoms with van der Waals surface area (Å²) in [6.45, 7) is 2.74. The maximum Gasteiger partial charge on any atom is 0.433 e. The molecule has 0 atom stereocenters. The van der Waals surface area contributed by atoms with Gasteiger partial charge < -0.3 is 18.6 Å². The predicted molar refractivity (Wildman–Crippen MR) is 63.9 cm³/mol. The molecular formula is C11H11N3O5. The summed E-state index contributed by atoms with van der Waals surface area (Å²) in [6, 6.07) is 4.49. The van der Waals surface area contributed by atoms with Crippen molar-refractivity contribution in [3.63, 3.8) is 0 Å². The molecule has 0 unspecified atom stereocenters. The highest BCUT2D eigenvalue weighted by Gasteiger charge is 2.19. The third kappa shape index (κ3) is 2.29. The zero-order valence-electron chi connectivity index (χ0n) is 9.94. The molecule has 0 aromatic carbocycles. The fraction of sp³-hybridized carbons (Fsp3) is 0.364. The lowest BCUT2D eigenvalue weighted by Crippen LogP contribution is -2.35. The molecule has 1 aliphatic rings. The van der Waals surface area contributed by atoms with Crippen LogP contribution in [0.2, 0.25) is 0 Å². The fourth-order valence-electron chi connectivity index (χ4n) is 1.88. The zero-order valence-corrected chi connectivity index (χ0v) is 9.94. The monoisotopic (exact) mass is 265 g/mol. The van der Waals surface area contributed by atoms with Crippen LogP contribution in [-0.4, -0.2) is 36.4 Å². The number of aromatic nitrogens is 1. The summed E-state index contributed by atoms with van der Waals surface area (Å²) < 4.78 is 15.5. The lowest BCUT2D eigenvalue weighted by atomic mass is 10.3. The number of nitrogens with zero attached hydrogens (tertiary/aromatic N) is 3. The van der Waals surface area contributed by atoms with Crippen molar-refractivity contribution >= 4 is 11.8 Å². The largest absolute Gasteiger partial charge is 0.433 e. The third-order valence-electron chi connectivity index (χ3n) is 2.84. The Labute approximate surface area is 107 Å². The fourth-order valence-corrected chi connectivity index (χ4v) is 1.88. The number of hydrogen-bond acceptors (Lipinski definition) is 7. The van der Waals surface area contributed by atoms with E-state index in [1.807, 2.05) is 4.90 Å². The molecule has 1 saturated heterocycles. The van der Waals surface area contributed by atoms with Gasteiger partial charge in [0.15, 0.2) is 11.5 Å². The second kappa shape index (κ2) is 4.73. The topological polar surface area (TPSA) is 94.8 Å². The van der Waals surface area contributed by atoms with E-state index in [-0.39, 0.29) is 5.88 Å². The van der Waals surface area contributed by atoms with Crippen LogP contribution in [0.25, 0.3) is 11.5 Å². The Kier molecular flexibility index (Phi) is 2.92. The van der Waals surface area contributed by atoms with Crippen molar-refractivity contribution in [2.45, 2.75) is 0 Å². The first kappa shape index (κ1) is 11.7. The minimum atomic E-state index is -0.591. The van der Waals surface area contributed by atoms with Crippen LogP contribution in [-0.2, 0) is 4.74 Å². The van der Waals surface area contributed by atoms with Gasteiger partial charge >= 0.3 is 5.88 Å². The van der Waals surface area contributed by atoms with Crippen molar-refractivity contribution in [2.24, 2.45) is 0 Å². The Bertz CT molecular complexity index is 585. The molecule has 2 aromatic rings. The number of hydrogen-bond donors (Lipinski definition) is 0. The van der Waals surface area contributed by atoms with E-state index in [1.54, 1.807) is 6.07 Å². The summed E-state index contributed by atoms with van der Waals surface area (Å²) in [7, 11) is 0. The van der Waals surface area contributed by atoms with Gasteiger partial charge in [-0.15, -0.1) is 0 Å². The Morgan fingerprint density at radius 1 is 1.32 bits per heavy atom. The summed E-state index contributed by atoms with van der Waals surface area (Å²) in [4.78, 5) is 12.0. The molecule has 19 heavy (non-hydrogen) atoms. The van der Waals surface area contributed by atoms with Gasteiger partial charge in [-0.2, -0.15) is 0 Å². The molecule has 2 aromatic heterocycles. The Balaban J connectivity index is 1.81. The van der Waals surface area contributed by atoms with E-state index in [0.29, 0.717) is 30.6 Å². The van der Waals surface area contributed by atoms with Crippen LogP contribution in [0.5, 0.6) is 0 Å². The second-order valence-corrected chi connectivity index (χ2v) is 4.04. The van der Waals surface area contributed by atoms with Crippen LogP contribution >= 0.6 is 0 Å². The summed E-state index contributed by atoms with van der Waals surface area (Å²) in [5, 5.41) is 14.4. The maximum absolute atomic E-state index is 10.5. The number of morpholine rings is 1. The number of anilines is 1.